The van der Waals surface area contributed by atoms with E-state index in [1.807, 2.05) is 7.05 Å². The minimum absolute atomic E-state index is 0.0281. The molecule has 0 rings (SSSR count). The maximum atomic E-state index is 8.81. The molecule has 0 aliphatic carbocycles. The molecule has 0 spiro atoms. The molecule has 0 aromatic carbocycles. The first kappa shape index (κ1) is 14.4. The van der Waals surface area contributed by atoms with Gasteiger partial charge in [0.15, 0.2) is 0 Å². The van der Waals surface area contributed by atoms with Crippen molar-refractivity contribution in [3.63, 3.8) is 0 Å². The Bertz CT molecular complexity index is 212. The standard InChI is InChI=1S/C12H25N3/c1-10(12(2,3)4)15(6)8-7-11(9-13)14-5/h10-11,14H,7-8H2,1-6H3. The van der Waals surface area contributed by atoms with Crippen molar-refractivity contribution in [3.8, 4) is 6.07 Å². The average Bonchev–Trinajstić information content (AvgIpc) is 2.16. The second kappa shape index (κ2) is 6.09. The Kier molecular flexibility index (Phi) is 5.85. The SMILES string of the molecule is CNC(C#N)CCN(C)C(C)C(C)(C)C. The predicted octanol–water partition coefficient (Wildman–Crippen LogP) is 1.85. The zero-order chi connectivity index (χ0) is 12.1. The van der Waals surface area contributed by atoms with Crippen LogP contribution in [0.4, 0.5) is 0 Å². The maximum Gasteiger partial charge on any atom is 0.0962 e. The van der Waals surface area contributed by atoms with Crippen molar-refractivity contribution in [1.82, 2.24) is 10.2 Å². The van der Waals surface area contributed by atoms with Crippen molar-refractivity contribution in [1.29, 1.82) is 5.26 Å². The fraction of sp³-hybridized carbons (Fsp3) is 0.917. The molecule has 0 bridgehead atoms. The highest BCUT2D eigenvalue weighted by atomic mass is 15.1. The second-order valence-corrected chi connectivity index (χ2v) is 5.28. The van der Waals surface area contributed by atoms with E-state index in [9.17, 15) is 0 Å². The van der Waals surface area contributed by atoms with E-state index in [-0.39, 0.29) is 11.5 Å². The van der Waals surface area contributed by atoms with Gasteiger partial charge in [0.2, 0.25) is 0 Å². The molecule has 15 heavy (non-hydrogen) atoms. The molecule has 0 radical (unpaired) electrons. The molecular weight excluding hydrogens is 186 g/mol. The van der Waals surface area contributed by atoms with Gasteiger partial charge in [-0.25, -0.2) is 0 Å². The van der Waals surface area contributed by atoms with Crippen LogP contribution < -0.4 is 5.32 Å². The molecule has 0 saturated heterocycles. The third-order valence-corrected chi connectivity index (χ3v) is 3.19. The molecule has 0 saturated carbocycles. The van der Waals surface area contributed by atoms with E-state index in [2.05, 4.69) is 51.0 Å². The van der Waals surface area contributed by atoms with Crippen LogP contribution in [0.3, 0.4) is 0 Å². The van der Waals surface area contributed by atoms with E-state index >= 15 is 0 Å². The van der Waals surface area contributed by atoms with Crippen LogP contribution in [0.2, 0.25) is 0 Å². The number of hydrogen-bond acceptors (Lipinski definition) is 3. The molecule has 88 valence electrons. The van der Waals surface area contributed by atoms with Crippen LogP contribution in [-0.2, 0) is 0 Å². The van der Waals surface area contributed by atoms with Crippen molar-refractivity contribution >= 4 is 0 Å². The predicted molar refractivity (Wildman–Crippen MR) is 64.6 cm³/mol. The first-order valence-corrected chi connectivity index (χ1v) is 5.60. The third-order valence-electron chi connectivity index (χ3n) is 3.19. The van der Waals surface area contributed by atoms with Gasteiger partial charge in [-0.1, -0.05) is 20.8 Å². The lowest BCUT2D eigenvalue weighted by atomic mass is 9.87. The summed E-state index contributed by atoms with van der Waals surface area (Å²) >= 11 is 0. The second-order valence-electron chi connectivity index (χ2n) is 5.28. The van der Waals surface area contributed by atoms with E-state index in [1.54, 1.807) is 0 Å². The van der Waals surface area contributed by atoms with Gasteiger partial charge in [-0.3, -0.25) is 0 Å². The Labute approximate surface area is 94.5 Å². The molecule has 2 unspecified atom stereocenters. The van der Waals surface area contributed by atoms with Crippen molar-refractivity contribution in [3.05, 3.63) is 0 Å². The molecule has 0 aliphatic rings. The summed E-state index contributed by atoms with van der Waals surface area (Å²) in [5.74, 6) is 0. The Morgan fingerprint density at radius 2 is 1.93 bits per heavy atom. The van der Waals surface area contributed by atoms with Crippen LogP contribution in [0.25, 0.3) is 0 Å². The summed E-state index contributed by atoms with van der Waals surface area (Å²) in [6, 6.07) is 2.74. The Morgan fingerprint density at radius 1 is 1.40 bits per heavy atom. The molecule has 0 aliphatic heterocycles. The highest BCUT2D eigenvalue weighted by molar-refractivity contribution is 4.89. The van der Waals surface area contributed by atoms with Crippen molar-refractivity contribution in [2.75, 3.05) is 20.6 Å². The third kappa shape index (κ3) is 5.15. The topological polar surface area (TPSA) is 39.1 Å². The van der Waals surface area contributed by atoms with E-state index in [0.29, 0.717) is 6.04 Å². The minimum atomic E-state index is -0.0281. The fourth-order valence-electron chi connectivity index (χ4n) is 1.46. The first-order chi connectivity index (χ1) is 6.82. The molecule has 1 N–H and O–H groups in total. The Morgan fingerprint density at radius 3 is 2.27 bits per heavy atom. The highest BCUT2D eigenvalue weighted by Crippen LogP contribution is 2.22. The Hall–Kier alpha value is -0.590. The molecule has 3 heteroatoms. The zero-order valence-corrected chi connectivity index (χ0v) is 11.0. The molecule has 0 aromatic rings. The lowest BCUT2D eigenvalue weighted by molar-refractivity contribution is 0.138. The number of nitrogens with one attached hydrogen (secondary N) is 1. The van der Waals surface area contributed by atoms with Crippen molar-refractivity contribution in [2.45, 2.75) is 46.2 Å². The molecule has 0 amide bonds. The highest BCUT2D eigenvalue weighted by Gasteiger charge is 2.23. The van der Waals surface area contributed by atoms with Gasteiger partial charge in [-0.15, -0.1) is 0 Å². The van der Waals surface area contributed by atoms with Gasteiger partial charge in [-0.2, -0.15) is 5.26 Å². The lowest BCUT2D eigenvalue weighted by Crippen LogP contribution is -2.41. The summed E-state index contributed by atoms with van der Waals surface area (Å²) in [4.78, 5) is 2.32. The van der Waals surface area contributed by atoms with Crippen LogP contribution >= 0.6 is 0 Å². The number of nitriles is 1. The first-order valence-electron chi connectivity index (χ1n) is 5.60. The van der Waals surface area contributed by atoms with Gasteiger partial charge in [0.05, 0.1) is 12.1 Å². The molecular formula is C12H25N3. The largest absolute Gasteiger partial charge is 0.305 e. The van der Waals surface area contributed by atoms with E-state index in [1.165, 1.54) is 0 Å². The van der Waals surface area contributed by atoms with Crippen LogP contribution in [-0.4, -0.2) is 37.6 Å². The average molecular weight is 211 g/mol. The monoisotopic (exact) mass is 211 g/mol. The quantitative estimate of drug-likeness (QED) is 0.754. The Balaban J connectivity index is 4.05. The van der Waals surface area contributed by atoms with Gasteiger partial charge in [-0.05, 0) is 32.9 Å². The van der Waals surface area contributed by atoms with Crippen molar-refractivity contribution < 1.29 is 0 Å². The van der Waals surface area contributed by atoms with E-state index in [0.717, 1.165) is 13.0 Å². The number of rotatable bonds is 5. The van der Waals surface area contributed by atoms with Gasteiger partial charge in [0, 0.05) is 12.6 Å². The van der Waals surface area contributed by atoms with Crippen LogP contribution in [0.5, 0.6) is 0 Å². The summed E-state index contributed by atoms with van der Waals surface area (Å²) in [7, 11) is 3.96. The normalized spacial score (nSPS) is 16.1. The van der Waals surface area contributed by atoms with Crippen molar-refractivity contribution in [2.24, 2.45) is 5.41 Å². The van der Waals surface area contributed by atoms with Gasteiger partial charge in [0.1, 0.15) is 0 Å². The van der Waals surface area contributed by atoms with Gasteiger partial charge < -0.3 is 10.2 Å². The summed E-state index contributed by atoms with van der Waals surface area (Å²) in [6.07, 6.45) is 0.879. The molecule has 3 nitrogen and oxygen atoms in total. The van der Waals surface area contributed by atoms with Crippen LogP contribution in [0.1, 0.15) is 34.1 Å². The summed E-state index contributed by atoms with van der Waals surface area (Å²) in [6.45, 7) is 9.92. The van der Waals surface area contributed by atoms with E-state index in [4.69, 9.17) is 5.26 Å². The number of nitrogens with zero attached hydrogens (tertiary/aromatic N) is 2. The number of hydrogen-bond donors (Lipinski definition) is 1. The summed E-state index contributed by atoms with van der Waals surface area (Å²) < 4.78 is 0. The fourth-order valence-corrected chi connectivity index (χ4v) is 1.46. The van der Waals surface area contributed by atoms with Gasteiger partial charge in [0.25, 0.3) is 0 Å². The summed E-state index contributed by atoms with van der Waals surface area (Å²) in [5, 5.41) is 11.8. The van der Waals surface area contributed by atoms with Gasteiger partial charge >= 0.3 is 0 Å². The zero-order valence-electron chi connectivity index (χ0n) is 11.0. The molecule has 0 heterocycles. The molecule has 0 fully saturated rings. The van der Waals surface area contributed by atoms with Crippen LogP contribution in [0, 0.1) is 16.7 Å². The van der Waals surface area contributed by atoms with Crippen LogP contribution in [0.15, 0.2) is 0 Å². The maximum absolute atomic E-state index is 8.81. The minimum Gasteiger partial charge on any atom is -0.305 e. The molecule has 2 atom stereocenters. The smallest absolute Gasteiger partial charge is 0.0962 e. The summed E-state index contributed by atoms with van der Waals surface area (Å²) in [5.41, 5.74) is 0.288. The molecule has 0 aromatic heterocycles. The lowest BCUT2D eigenvalue weighted by Gasteiger charge is -2.35. The van der Waals surface area contributed by atoms with E-state index < -0.39 is 0 Å².